The number of aryl methyl sites for hydroxylation is 1. The third kappa shape index (κ3) is 5.59. The van der Waals surface area contributed by atoms with Crippen molar-refractivity contribution in [3.63, 3.8) is 0 Å². The number of hydrogen-bond acceptors (Lipinski definition) is 10. The zero-order valence-corrected chi connectivity index (χ0v) is 22.4. The summed E-state index contributed by atoms with van der Waals surface area (Å²) in [5.41, 5.74) is 5.50. The van der Waals surface area contributed by atoms with Gasteiger partial charge in [-0.05, 0) is 32.8 Å². The highest BCUT2D eigenvalue weighted by Crippen LogP contribution is 2.27. The van der Waals surface area contributed by atoms with Crippen LogP contribution in [0.15, 0.2) is 58.0 Å². The molecule has 12 heteroatoms. The minimum Gasteiger partial charge on any atom is -0.417 e. The third-order valence-corrected chi connectivity index (χ3v) is 6.29. The molecule has 0 saturated carbocycles. The zero-order valence-electron chi connectivity index (χ0n) is 22.4. The molecule has 0 radical (unpaired) electrons. The van der Waals surface area contributed by atoms with Crippen LogP contribution in [0.5, 0.6) is 0 Å². The van der Waals surface area contributed by atoms with E-state index >= 15 is 0 Å². The molecule has 1 atom stereocenters. The normalized spacial score (nSPS) is 12.4. The molecule has 0 bridgehead atoms. The van der Waals surface area contributed by atoms with Crippen LogP contribution in [-0.2, 0) is 16.8 Å². The smallest absolute Gasteiger partial charge is 0.286 e. The van der Waals surface area contributed by atoms with Crippen molar-refractivity contribution < 1.29 is 14.0 Å². The van der Waals surface area contributed by atoms with Gasteiger partial charge in [0.05, 0.1) is 11.7 Å². The molecule has 0 saturated heterocycles. The van der Waals surface area contributed by atoms with Crippen LogP contribution in [0.2, 0.25) is 0 Å². The molecule has 3 aromatic heterocycles. The van der Waals surface area contributed by atoms with Crippen LogP contribution >= 0.6 is 0 Å². The fourth-order valence-electron chi connectivity index (χ4n) is 3.95. The molecule has 3 N–H and O–H groups in total. The van der Waals surface area contributed by atoms with E-state index in [9.17, 15) is 14.4 Å². The number of nitrogen functional groups attached to an aromatic ring is 1. The van der Waals surface area contributed by atoms with Crippen LogP contribution in [0, 0.1) is 12.8 Å². The molecule has 0 fully saturated rings. The van der Waals surface area contributed by atoms with E-state index in [-0.39, 0.29) is 23.4 Å². The molecule has 4 rings (SSSR count). The van der Waals surface area contributed by atoms with Gasteiger partial charge in [-0.25, -0.2) is 15.0 Å². The van der Waals surface area contributed by atoms with E-state index in [1.165, 1.54) is 4.57 Å². The number of amides is 1. The summed E-state index contributed by atoms with van der Waals surface area (Å²) in [7, 11) is 0. The average molecular weight is 531 g/mol. The first kappa shape index (κ1) is 27.3. The molecular formula is C27H30N8O4. The van der Waals surface area contributed by atoms with Crippen molar-refractivity contribution in [2.45, 2.75) is 52.6 Å². The summed E-state index contributed by atoms with van der Waals surface area (Å²) in [5, 5.41) is 10.7. The van der Waals surface area contributed by atoms with E-state index in [4.69, 9.17) is 10.2 Å². The van der Waals surface area contributed by atoms with Crippen LogP contribution in [-0.4, -0.2) is 47.4 Å². The molecule has 0 aliphatic rings. The Hall–Kier alpha value is -4.74. The van der Waals surface area contributed by atoms with Crippen molar-refractivity contribution in [2.24, 2.45) is 5.92 Å². The highest BCUT2D eigenvalue weighted by Gasteiger charge is 2.35. The van der Waals surface area contributed by atoms with Gasteiger partial charge in [-0.1, -0.05) is 44.2 Å². The Bertz CT molecular complexity index is 1550. The Morgan fingerprint density at radius 3 is 2.38 bits per heavy atom. The number of Topliss-reactive ketones (excluding diaryl/α,β-unsaturated/α-hetero) is 1. The number of nitrogens with zero attached hydrogens (tertiary/aromatic N) is 6. The second-order valence-electron chi connectivity index (χ2n) is 9.96. The summed E-state index contributed by atoms with van der Waals surface area (Å²) in [6.07, 6.45) is 3.20. The van der Waals surface area contributed by atoms with E-state index in [0.29, 0.717) is 22.9 Å². The standard InChI is InChI=1S/C27H30N8O4/c1-15(2)20(21(37)23-33-34-26(39-23)27(4,5)25-29-12-9-13-30-25)32-18(36)14-35-22(17-10-7-6-8-11-17)31-16(3)19(28)24(35)38/h6-13,15,20H,14,28H2,1-5H3,(H,32,36)/t20-/m0/s1. The number of nitrogens with one attached hydrogen (secondary N) is 1. The van der Waals surface area contributed by atoms with Crippen LogP contribution in [0.4, 0.5) is 5.69 Å². The van der Waals surface area contributed by atoms with Crippen LogP contribution in [0.1, 0.15) is 55.8 Å². The quantitative estimate of drug-likeness (QED) is 0.306. The molecule has 4 aromatic rings. The zero-order chi connectivity index (χ0) is 28.3. The van der Waals surface area contributed by atoms with Crippen molar-refractivity contribution in [1.29, 1.82) is 0 Å². The molecule has 0 aliphatic carbocycles. The number of aromatic nitrogens is 6. The predicted octanol–water partition coefficient (Wildman–Crippen LogP) is 2.32. The summed E-state index contributed by atoms with van der Waals surface area (Å²) >= 11 is 0. The number of carbonyl (C=O) groups is 2. The van der Waals surface area contributed by atoms with Gasteiger partial charge >= 0.3 is 0 Å². The molecule has 0 unspecified atom stereocenters. The summed E-state index contributed by atoms with van der Waals surface area (Å²) in [5.74, 6) is -0.812. The molecule has 1 aromatic carbocycles. The van der Waals surface area contributed by atoms with Crippen molar-refractivity contribution >= 4 is 17.4 Å². The largest absolute Gasteiger partial charge is 0.417 e. The van der Waals surface area contributed by atoms with Gasteiger partial charge in [0.2, 0.25) is 17.6 Å². The van der Waals surface area contributed by atoms with Gasteiger partial charge in [0.15, 0.2) is 0 Å². The van der Waals surface area contributed by atoms with Crippen molar-refractivity contribution in [2.75, 3.05) is 5.73 Å². The van der Waals surface area contributed by atoms with E-state index in [2.05, 4.69) is 30.5 Å². The Morgan fingerprint density at radius 1 is 1.08 bits per heavy atom. The predicted molar refractivity (Wildman–Crippen MR) is 143 cm³/mol. The fraction of sp³-hybridized carbons (Fsp3) is 0.333. The molecule has 0 aliphatic heterocycles. The minimum atomic E-state index is -0.992. The lowest BCUT2D eigenvalue weighted by molar-refractivity contribution is -0.122. The van der Waals surface area contributed by atoms with Crippen LogP contribution in [0.25, 0.3) is 11.4 Å². The maximum absolute atomic E-state index is 13.4. The number of rotatable bonds is 9. The van der Waals surface area contributed by atoms with Gasteiger partial charge in [-0.15, -0.1) is 10.2 Å². The first-order valence-electron chi connectivity index (χ1n) is 12.4. The van der Waals surface area contributed by atoms with Gasteiger partial charge in [-0.3, -0.25) is 19.0 Å². The summed E-state index contributed by atoms with van der Waals surface area (Å²) < 4.78 is 6.93. The maximum Gasteiger partial charge on any atom is 0.286 e. The van der Waals surface area contributed by atoms with Crippen LogP contribution in [0.3, 0.4) is 0 Å². The first-order chi connectivity index (χ1) is 18.5. The van der Waals surface area contributed by atoms with Crippen molar-refractivity contribution in [1.82, 2.24) is 35.0 Å². The Labute approximate surface area is 224 Å². The Morgan fingerprint density at radius 2 is 1.74 bits per heavy atom. The van der Waals surface area contributed by atoms with Crippen molar-refractivity contribution in [3.8, 4) is 11.4 Å². The molecule has 202 valence electrons. The lowest BCUT2D eigenvalue weighted by atomic mass is 9.92. The van der Waals surface area contributed by atoms with Gasteiger partial charge in [0, 0.05) is 18.0 Å². The summed E-state index contributed by atoms with van der Waals surface area (Å²) in [6.45, 7) is 8.38. The van der Waals surface area contributed by atoms with Gasteiger partial charge in [0.1, 0.15) is 29.3 Å². The van der Waals surface area contributed by atoms with Gasteiger partial charge in [0.25, 0.3) is 11.4 Å². The van der Waals surface area contributed by atoms with E-state index in [1.54, 1.807) is 77.3 Å². The Balaban J connectivity index is 1.58. The van der Waals surface area contributed by atoms with E-state index in [1.807, 2.05) is 6.07 Å². The highest BCUT2D eigenvalue weighted by atomic mass is 16.4. The number of carbonyl (C=O) groups excluding carboxylic acids is 2. The highest BCUT2D eigenvalue weighted by molar-refractivity contribution is 5.98. The lowest BCUT2D eigenvalue weighted by Gasteiger charge is -2.21. The SMILES string of the molecule is Cc1nc(-c2ccccc2)n(CC(=O)N[C@H](C(=O)c2nnc(C(C)(C)c3ncccn3)o2)C(C)C)c(=O)c1N. The monoisotopic (exact) mass is 530 g/mol. The number of nitrogens with two attached hydrogens (primary N) is 1. The second-order valence-corrected chi connectivity index (χ2v) is 9.96. The molecular weight excluding hydrogens is 500 g/mol. The lowest BCUT2D eigenvalue weighted by Crippen LogP contribution is -2.46. The molecule has 0 spiro atoms. The number of benzene rings is 1. The number of ketones is 1. The molecule has 12 nitrogen and oxygen atoms in total. The number of hydrogen-bond donors (Lipinski definition) is 2. The van der Waals surface area contributed by atoms with Crippen LogP contribution < -0.4 is 16.6 Å². The van der Waals surface area contributed by atoms with E-state index in [0.717, 1.165) is 0 Å². The topological polar surface area (TPSA) is 172 Å². The van der Waals surface area contributed by atoms with Gasteiger partial charge in [-0.2, -0.15) is 0 Å². The summed E-state index contributed by atoms with van der Waals surface area (Å²) in [4.78, 5) is 52.5. The Kier molecular flexibility index (Phi) is 7.65. The molecule has 1 amide bonds. The summed E-state index contributed by atoms with van der Waals surface area (Å²) in [6, 6.07) is 9.69. The maximum atomic E-state index is 13.4. The van der Waals surface area contributed by atoms with Gasteiger partial charge < -0.3 is 15.5 Å². The molecule has 39 heavy (non-hydrogen) atoms. The second kappa shape index (κ2) is 10.9. The average Bonchev–Trinajstić information content (AvgIpc) is 3.44. The van der Waals surface area contributed by atoms with Crippen molar-refractivity contribution in [3.05, 3.63) is 82.4 Å². The first-order valence-corrected chi connectivity index (χ1v) is 12.4. The number of anilines is 1. The minimum absolute atomic E-state index is 0.0534. The fourth-order valence-corrected chi connectivity index (χ4v) is 3.95. The van der Waals surface area contributed by atoms with E-state index < -0.39 is 35.3 Å². The molecule has 3 heterocycles. The third-order valence-electron chi connectivity index (χ3n) is 6.29.